The van der Waals surface area contributed by atoms with Gasteiger partial charge in [0.25, 0.3) is 10.1 Å². The zero-order valence-electron chi connectivity index (χ0n) is 9.00. The van der Waals surface area contributed by atoms with Gasteiger partial charge in [0.05, 0.1) is 13.2 Å². The third-order valence-electron chi connectivity index (χ3n) is 1.57. The predicted octanol–water partition coefficient (Wildman–Crippen LogP) is 1.36. The summed E-state index contributed by atoms with van der Waals surface area (Å²) in [4.78, 5) is 0. The SMILES string of the molecule is CCOC(=S)CC(C(=S)OCC)S(=O)(=O)O. The molecular formula is C8H14O5S3. The zero-order chi connectivity index (χ0) is 12.8. The van der Waals surface area contributed by atoms with E-state index in [1.807, 2.05) is 0 Å². The normalized spacial score (nSPS) is 12.9. The van der Waals surface area contributed by atoms with E-state index in [1.54, 1.807) is 13.8 Å². The van der Waals surface area contributed by atoms with E-state index in [0.29, 0.717) is 6.61 Å². The van der Waals surface area contributed by atoms with Crippen LogP contribution < -0.4 is 0 Å². The van der Waals surface area contributed by atoms with E-state index in [-0.39, 0.29) is 23.1 Å². The Bertz CT molecular complexity index is 349. The van der Waals surface area contributed by atoms with Gasteiger partial charge in [-0.1, -0.05) is 0 Å². The highest BCUT2D eigenvalue weighted by Crippen LogP contribution is 2.11. The van der Waals surface area contributed by atoms with E-state index in [9.17, 15) is 8.42 Å². The average Bonchev–Trinajstić information content (AvgIpc) is 2.13. The fraction of sp³-hybridized carbons (Fsp3) is 0.750. The van der Waals surface area contributed by atoms with E-state index in [0.717, 1.165) is 0 Å². The Morgan fingerprint density at radius 3 is 2.12 bits per heavy atom. The molecule has 1 atom stereocenters. The molecule has 5 nitrogen and oxygen atoms in total. The second kappa shape index (κ2) is 7.10. The van der Waals surface area contributed by atoms with Crippen LogP contribution in [0.5, 0.6) is 0 Å². The second-order valence-corrected chi connectivity index (χ2v) is 5.22. The van der Waals surface area contributed by atoms with Crippen LogP contribution in [0.3, 0.4) is 0 Å². The molecule has 0 rings (SSSR count). The van der Waals surface area contributed by atoms with Gasteiger partial charge in [0.15, 0.2) is 15.4 Å². The molecule has 0 fully saturated rings. The monoisotopic (exact) mass is 286 g/mol. The summed E-state index contributed by atoms with van der Waals surface area (Å²) >= 11 is 9.54. The van der Waals surface area contributed by atoms with Crippen LogP contribution >= 0.6 is 24.4 Å². The van der Waals surface area contributed by atoms with Gasteiger partial charge in [0.1, 0.15) is 0 Å². The first-order valence-corrected chi connectivity index (χ1v) is 6.93. The lowest BCUT2D eigenvalue weighted by Gasteiger charge is -2.15. The quantitative estimate of drug-likeness (QED) is 0.584. The lowest BCUT2D eigenvalue weighted by Crippen LogP contribution is -2.33. The summed E-state index contributed by atoms with van der Waals surface area (Å²) in [5.41, 5.74) is 0. The van der Waals surface area contributed by atoms with Crippen LogP contribution in [0.15, 0.2) is 0 Å². The molecule has 0 radical (unpaired) electrons. The van der Waals surface area contributed by atoms with Crippen molar-refractivity contribution in [3.8, 4) is 0 Å². The molecule has 1 unspecified atom stereocenters. The first-order valence-electron chi connectivity index (χ1n) is 4.61. The minimum absolute atomic E-state index is 0.0761. The third kappa shape index (κ3) is 5.69. The average molecular weight is 286 g/mol. The maximum atomic E-state index is 11.1. The fourth-order valence-corrected chi connectivity index (χ4v) is 2.55. The lowest BCUT2D eigenvalue weighted by molar-refractivity contribution is 0.314. The molecule has 0 saturated carbocycles. The Hall–Kier alpha value is -0.310. The van der Waals surface area contributed by atoms with Gasteiger partial charge in [0.2, 0.25) is 0 Å². The number of hydrogen-bond donors (Lipinski definition) is 1. The molecule has 0 aliphatic heterocycles. The number of hydrogen-bond acceptors (Lipinski definition) is 6. The largest absolute Gasteiger partial charge is 0.487 e. The van der Waals surface area contributed by atoms with Crippen LogP contribution in [0, 0.1) is 0 Å². The highest BCUT2D eigenvalue weighted by molar-refractivity contribution is 7.90. The van der Waals surface area contributed by atoms with Gasteiger partial charge in [0, 0.05) is 6.42 Å². The molecule has 16 heavy (non-hydrogen) atoms. The molecule has 0 heterocycles. The topological polar surface area (TPSA) is 72.8 Å². The molecule has 8 heteroatoms. The standard InChI is InChI=1S/C8H14O5S3/c1-3-12-7(14)5-6(16(9,10)11)8(15)13-4-2/h6H,3-5H2,1-2H3,(H,9,10,11). The van der Waals surface area contributed by atoms with Crippen molar-refractivity contribution in [1.82, 2.24) is 0 Å². The van der Waals surface area contributed by atoms with Crippen molar-refractivity contribution >= 4 is 44.7 Å². The van der Waals surface area contributed by atoms with Gasteiger partial charge < -0.3 is 9.47 Å². The Kier molecular flexibility index (Phi) is 6.96. The van der Waals surface area contributed by atoms with Gasteiger partial charge in [-0.15, -0.1) is 0 Å². The molecule has 1 N–H and O–H groups in total. The summed E-state index contributed by atoms with van der Waals surface area (Å²) < 4.78 is 40.9. The number of thiocarbonyl (C=S) groups is 2. The summed E-state index contributed by atoms with van der Waals surface area (Å²) in [6, 6.07) is 0. The maximum Gasteiger partial charge on any atom is 0.276 e. The van der Waals surface area contributed by atoms with Gasteiger partial charge in [-0.05, 0) is 38.3 Å². The Morgan fingerprint density at radius 1 is 1.25 bits per heavy atom. The summed E-state index contributed by atoms with van der Waals surface area (Å²) in [6.07, 6.45) is -0.180. The summed E-state index contributed by atoms with van der Waals surface area (Å²) in [6.45, 7) is 3.94. The van der Waals surface area contributed by atoms with Crippen LogP contribution in [0.25, 0.3) is 0 Å². The van der Waals surface area contributed by atoms with E-state index >= 15 is 0 Å². The Morgan fingerprint density at radius 2 is 1.75 bits per heavy atom. The number of rotatable bonds is 6. The first kappa shape index (κ1) is 15.7. The van der Waals surface area contributed by atoms with Crippen molar-refractivity contribution in [2.45, 2.75) is 25.5 Å². The first-order chi connectivity index (χ1) is 7.32. The van der Waals surface area contributed by atoms with Crippen molar-refractivity contribution in [3.63, 3.8) is 0 Å². The molecule has 94 valence electrons. The third-order valence-corrected chi connectivity index (χ3v) is 3.50. The van der Waals surface area contributed by atoms with Gasteiger partial charge in [-0.3, -0.25) is 4.55 Å². The summed E-state index contributed by atoms with van der Waals surface area (Å²) in [5, 5.41) is -1.47. The molecule has 0 aromatic carbocycles. The smallest absolute Gasteiger partial charge is 0.276 e. The fourth-order valence-electron chi connectivity index (χ4n) is 0.917. The molecular weight excluding hydrogens is 272 g/mol. The molecule has 0 spiro atoms. The highest BCUT2D eigenvalue weighted by atomic mass is 32.2. The zero-order valence-corrected chi connectivity index (χ0v) is 11.5. The van der Waals surface area contributed by atoms with Gasteiger partial charge >= 0.3 is 0 Å². The molecule has 0 aliphatic rings. The van der Waals surface area contributed by atoms with Crippen molar-refractivity contribution < 1.29 is 22.4 Å². The van der Waals surface area contributed by atoms with Crippen molar-refractivity contribution in [2.75, 3.05) is 13.2 Å². The Balaban J connectivity index is 4.71. The van der Waals surface area contributed by atoms with Crippen LogP contribution in [0.4, 0.5) is 0 Å². The molecule has 0 saturated heterocycles. The van der Waals surface area contributed by atoms with Crippen molar-refractivity contribution in [3.05, 3.63) is 0 Å². The van der Waals surface area contributed by atoms with Gasteiger partial charge in [-0.2, -0.15) is 8.42 Å². The van der Waals surface area contributed by atoms with Gasteiger partial charge in [-0.25, -0.2) is 0 Å². The predicted molar refractivity (Wildman–Crippen MR) is 68.4 cm³/mol. The molecule has 0 aromatic heterocycles. The molecule has 0 aliphatic carbocycles. The lowest BCUT2D eigenvalue weighted by atomic mass is 10.3. The highest BCUT2D eigenvalue weighted by Gasteiger charge is 2.30. The molecule has 0 amide bonds. The molecule has 0 bridgehead atoms. The van der Waals surface area contributed by atoms with E-state index in [1.165, 1.54) is 0 Å². The van der Waals surface area contributed by atoms with E-state index < -0.39 is 15.4 Å². The second-order valence-electron chi connectivity index (χ2n) is 2.76. The maximum absolute atomic E-state index is 11.1. The minimum atomic E-state index is -4.33. The van der Waals surface area contributed by atoms with Crippen LogP contribution in [0.2, 0.25) is 0 Å². The van der Waals surface area contributed by atoms with E-state index in [2.05, 4.69) is 0 Å². The van der Waals surface area contributed by atoms with Crippen LogP contribution in [-0.2, 0) is 19.6 Å². The number of ether oxygens (including phenoxy) is 2. The molecule has 0 aromatic rings. The van der Waals surface area contributed by atoms with E-state index in [4.69, 9.17) is 38.5 Å². The van der Waals surface area contributed by atoms with Crippen LogP contribution in [0.1, 0.15) is 20.3 Å². The minimum Gasteiger partial charge on any atom is -0.487 e. The van der Waals surface area contributed by atoms with Crippen LogP contribution in [-0.4, -0.2) is 41.5 Å². The summed E-state index contributed by atoms with van der Waals surface area (Å²) in [5.74, 6) is 0. The van der Waals surface area contributed by atoms with Crippen molar-refractivity contribution in [2.24, 2.45) is 0 Å². The van der Waals surface area contributed by atoms with Crippen molar-refractivity contribution in [1.29, 1.82) is 0 Å². The Labute approximate surface area is 106 Å². The summed E-state index contributed by atoms with van der Waals surface area (Å²) in [7, 11) is -4.33.